The summed E-state index contributed by atoms with van der Waals surface area (Å²) >= 11 is -2.46. The SMILES string of the molecule is CCCCCCC(CCCCCCCCCCC(=O)O)OC(=O)/C=[CH]\[Sn]([CH2]CCC)([CH2]CCC)[CH2]CCC. The summed E-state index contributed by atoms with van der Waals surface area (Å²) in [6, 6.07) is 0. The number of rotatable bonds is 28. The standard InChI is InChI=1S/C21H37O4.3C4H9.Sn/c1-3-5-6-13-16-19(25-21(24)4-2)17-14-11-9-7-8-10-12-15-18-20(22)23;3*1-3-4-2;/h2,4,19H,3,5-18H2,1H3,(H,22,23);3*1,3-4H2,2H3;. The van der Waals surface area contributed by atoms with E-state index in [-0.39, 0.29) is 12.1 Å². The topological polar surface area (TPSA) is 63.6 Å². The first-order valence-corrected chi connectivity index (χ1v) is 24.2. The molecule has 0 fully saturated rings. The second kappa shape index (κ2) is 26.7. The van der Waals surface area contributed by atoms with Crippen LogP contribution in [0.15, 0.2) is 10.2 Å². The molecule has 0 aromatic carbocycles. The van der Waals surface area contributed by atoms with E-state index < -0.39 is 24.3 Å². The minimum absolute atomic E-state index is 0.0616. The van der Waals surface area contributed by atoms with Crippen LogP contribution in [0.5, 0.6) is 0 Å². The third-order valence-electron chi connectivity index (χ3n) is 7.99. The number of esters is 1. The molecule has 4 nitrogen and oxygen atoms in total. The Bertz CT molecular complexity index is 568. The molecule has 0 spiro atoms. The van der Waals surface area contributed by atoms with Gasteiger partial charge in [-0.3, -0.25) is 4.79 Å². The molecule has 1 unspecified atom stereocenters. The number of ether oxygens (including phenoxy) is 1. The van der Waals surface area contributed by atoms with Gasteiger partial charge in [0.2, 0.25) is 0 Å². The molecule has 0 amide bonds. The molecule has 0 saturated heterocycles. The van der Waals surface area contributed by atoms with Crippen molar-refractivity contribution in [1.82, 2.24) is 0 Å². The van der Waals surface area contributed by atoms with Crippen LogP contribution >= 0.6 is 0 Å². The molecule has 0 aromatic rings. The molecule has 0 aliphatic heterocycles. The van der Waals surface area contributed by atoms with E-state index in [9.17, 15) is 9.59 Å². The van der Waals surface area contributed by atoms with Crippen molar-refractivity contribution in [2.75, 3.05) is 0 Å². The van der Waals surface area contributed by atoms with Gasteiger partial charge in [-0.05, 0) is 6.42 Å². The van der Waals surface area contributed by atoms with Crippen molar-refractivity contribution in [2.45, 2.75) is 182 Å². The van der Waals surface area contributed by atoms with Crippen LogP contribution < -0.4 is 0 Å². The Kier molecular flexibility index (Phi) is 26.3. The van der Waals surface area contributed by atoms with Crippen LogP contribution in [0.25, 0.3) is 0 Å². The van der Waals surface area contributed by atoms with Crippen molar-refractivity contribution in [3.05, 3.63) is 10.2 Å². The number of carboxylic acid groups (broad SMARTS) is 1. The Labute approximate surface area is 241 Å². The number of carbonyl (C=O) groups is 2. The van der Waals surface area contributed by atoms with Gasteiger partial charge in [-0.15, -0.1) is 0 Å². The third kappa shape index (κ3) is 22.3. The summed E-state index contributed by atoms with van der Waals surface area (Å²) in [6.45, 7) is 9.11. The van der Waals surface area contributed by atoms with Gasteiger partial charge in [0.05, 0.1) is 0 Å². The van der Waals surface area contributed by atoms with Crippen LogP contribution in [-0.4, -0.2) is 41.5 Å². The van der Waals surface area contributed by atoms with E-state index in [0.717, 1.165) is 44.9 Å². The van der Waals surface area contributed by atoms with Crippen LogP contribution in [0.1, 0.15) is 163 Å². The number of carboxylic acids is 1. The molecule has 1 atom stereocenters. The molecule has 0 aromatic heterocycles. The van der Waals surface area contributed by atoms with E-state index in [0.29, 0.717) is 6.42 Å². The average molecular weight is 644 g/mol. The quantitative estimate of drug-likeness (QED) is 0.0399. The number of hydrogen-bond acceptors (Lipinski definition) is 3. The van der Waals surface area contributed by atoms with Gasteiger partial charge in [0.25, 0.3) is 0 Å². The fraction of sp³-hybridized carbons (Fsp3) is 0.879. The summed E-state index contributed by atoms with van der Waals surface area (Å²) in [5, 5.41) is 8.72. The number of hydrogen-bond donors (Lipinski definition) is 1. The van der Waals surface area contributed by atoms with E-state index >= 15 is 0 Å². The Morgan fingerprint density at radius 3 is 1.50 bits per heavy atom. The number of carbonyl (C=O) groups excluding carboxylic acids is 1. The molecule has 0 saturated carbocycles. The first-order valence-electron chi connectivity index (χ1n) is 16.5. The Balaban J connectivity index is 4.78. The summed E-state index contributed by atoms with van der Waals surface area (Å²) < 4.78 is 12.7. The summed E-state index contributed by atoms with van der Waals surface area (Å²) in [6.07, 6.45) is 25.7. The zero-order chi connectivity index (χ0) is 28.3. The number of unbranched alkanes of at least 4 members (excludes halogenated alkanes) is 13. The normalized spacial score (nSPS) is 12.7. The van der Waals surface area contributed by atoms with Crippen LogP contribution in [0.2, 0.25) is 13.3 Å². The molecular formula is C33H64O4Sn. The van der Waals surface area contributed by atoms with Crippen molar-refractivity contribution in [2.24, 2.45) is 0 Å². The van der Waals surface area contributed by atoms with Crippen molar-refractivity contribution in [3.8, 4) is 0 Å². The second-order valence-corrected chi connectivity index (χ2v) is 24.7. The Hall–Kier alpha value is -0.521. The summed E-state index contributed by atoms with van der Waals surface area (Å²) in [5.41, 5.74) is 0. The fourth-order valence-electron chi connectivity index (χ4n) is 5.43. The van der Waals surface area contributed by atoms with Gasteiger partial charge in [0, 0.05) is 6.42 Å². The van der Waals surface area contributed by atoms with Crippen LogP contribution in [0.3, 0.4) is 0 Å². The van der Waals surface area contributed by atoms with Gasteiger partial charge < -0.3 is 5.11 Å². The molecule has 0 bridgehead atoms. The molecule has 5 heteroatoms. The van der Waals surface area contributed by atoms with Crippen molar-refractivity contribution >= 4 is 30.3 Å². The van der Waals surface area contributed by atoms with Gasteiger partial charge >= 0.3 is 213 Å². The van der Waals surface area contributed by atoms with Crippen molar-refractivity contribution in [3.63, 3.8) is 0 Å². The second-order valence-electron chi connectivity index (χ2n) is 11.7. The monoisotopic (exact) mass is 644 g/mol. The van der Waals surface area contributed by atoms with E-state index in [1.807, 2.05) is 6.08 Å². The summed E-state index contributed by atoms with van der Waals surface area (Å²) in [5.74, 6) is -0.769. The molecular weight excluding hydrogens is 579 g/mol. The molecule has 0 aliphatic rings. The molecule has 0 rings (SSSR count). The zero-order valence-corrected chi connectivity index (χ0v) is 28.7. The van der Waals surface area contributed by atoms with Crippen LogP contribution in [0, 0.1) is 0 Å². The predicted molar refractivity (Wildman–Crippen MR) is 166 cm³/mol. The summed E-state index contributed by atoms with van der Waals surface area (Å²) in [4.78, 5) is 23.6. The third-order valence-corrected chi connectivity index (χ3v) is 22.0. The van der Waals surface area contributed by atoms with Gasteiger partial charge in [-0.1, -0.05) is 6.42 Å². The first kappa shape index (κ1) is 37.5. The van der Waals surface area contributed by atoms with Gasteiger partial charge in [0.1, 0.15) is 0 Å². The fourth-order valence-corrected chi connectivity index (χ4v) is 19.5. The van der Waals surface area contributed by atoms with E-state index in [1.54, 1.807) is 0 Å². The van der Waals surface area contributed by atoms with Crippen LogP contribution in [-0.2, 0) is 14.3 Å². The number of aliphatic carboxylic acids is 1. The van der Waals surface area contributed by atoms with E-state index in [4.69, 9.17) is 9.84 Å². The van der Waals surface area contributed by atoms with Crippen molar-refractivity contribution in [1.29, 1.82) is 0 Å². The maximum atomic E-state index is 13.0. The van der Waals surface area contributed by atoms with Gasteiger partial charge in [-0.2, -0.15) is 0 Å². The zero-order valence-electron chi connectivity index (χ0n) is 25.9. The van der Waals surface area contributed by atoms with Gasteiger partial charge in [0.15, 0.2) is 0 Å². The maximum absolute atomic E-state index is 13.0. The molecule has 224 valence electrons. The summed E-state index contributed by atoms with van der Waals surface area (Å²) in [7, 11) is 0. The van der Waals surface area contributed by atoms with E-state index in [1.165, 1.54) is 96.8 Å². The Morgan fingerprint density at radius 1 is 0.632 bits per heavy atom. The van der Waals surface area contributed by atoms with Crippen LogP contribution in [0.4, 0.5) is 0 Å². The first-order chi connectivity index (χ1) is 18.4. The van der Waals surface area contributed by atoms with E-state index in [2.05, 4.69) is 31.8 Å². The predicted octanol–water partition coefficient (Wildman–Crippen LogP) is 10.8. The minimum atomic E-state index is -2.46. The Morgan fingerprint density at radius 2 is 1.05 bits per heavy atom. The molecule has 0 aliphatic carbocycles. The molecule has 38 heavy (non-hydrogen) atoms. The molecule has 0 radical (unpaired) electrons. The molecule has 0 heterocycles. The van der Waals surface area contributed by atoms with Gasteiger partial charge in [-0.25, -0.2) is 0 Å². The van der Waals surface area contributed by atoms with Crippen molar-refractivity contribution < 1.29 is 19.4 Å². The molecule has 1 N–H and O–H groups in total. The average Bonchev–Trinajstić information content (AvgIpc) is 2.90.